The number of aliphatic carboxylic acids is 2. The van der Waals surface area contributed by atoms with Gasteiger partial charge in [0.25, 0.3) is 0 Å². The number of hydrogen-bond donors (Lipinski definition) is 7. The van der Waals surface area contributed by atoms with E-state index in [4.69, 9.17) is 10.8 Å². The van der Waals surface area contributed by atoms with E-state index in [1.165, 1.54) is 0 Å². The van der Waals surface area contributed by atoms with Crippen LogP contribution >= 0.6 is 12.6 Å². The van der Waals surface area contributed by atoms with Gasteiger partial charge in [-0.05, 0) is 11.5 Å². The minimum absolute atomic E-state index is 0.0570. The van der Waals surface area contributed by atoms with Crippen LogP contribution in [0.2, 0.25) is 0 Å². The highest BCUT2D eigenvalue weighted by Crippen LogP contribution is 2.09. The van der Waals surface area contributed by atoms with Crippen LogP contribution in [0, 0.1) is 5.92 Å². The number of rotatable bonds is 14. The van der Waals surface area contributed by atoms with E-state index in [0.717, 1.165) is 0 Å². The van der Waals surface area contributed by atoms with Crippen LogP contribution in [-0.2, 0) is 30.4 Å². The van der Waals surface area contributed by atoms with Crippen molar-refractivity contribution >= 4 is 42.3 Å². The van der Waals surface area contributed by atoms with E-state index in [9.17, 15) is 29.1 Å². The molecule has 3 amide bonds. The Bertz CT molecular complexity index is 868. The number of benzene rings is 1. The molecular weight excluding hydrogens is 464 g/mol. The lowest BCUT2D eigenvalue weighted by atomic mass is 9.98. The first kappa shape index (κ1) is 28.9. The lowest BCUT2D eigenvalue weighted by Crippen LogP contribution is -2.58. The van der Waals surface area contributed by atoms with E-state index in [-0.39, 0.29) is 18.1 Å². The van der Waals surface area contributed by atoms with Crippen molar-refractivity contribution in [2.75, 3.05) is 5.75 Å². The largest absolute Gasteiger partial charge is 0.481 e. The number of nitrogens with one attached hydrogen (secondary N) is 3. The molecule has 0 heterocycles. The zero-order valence-corrected chi connectivity index (χ0v) is 20.0. The summed E-state index contributed by atoms with van der Waals surface area (Å²) >= 11 is 3.85. The maximum absolute atomic E-state index is 13.1. The molecule has 34 heavy (non-hydrogen) atoms. The zero-order valence-electron chi connectivity index (χ0n) is 19.1. The molecule has 12 heteroatoms. The first-order valence-electron chi connectivity index (χ1n) is 10.8. The van der Waals surface area contributed by atoms with Gasteiger partial charge in [-0.25, -0.2) is 4.79 Å². The van der Waals surface area contributed by atoms with Gasteiger partial charge in [-0.15, -0.1) is 0 Å². The number of amides is 3. The summed E-state index contributed by atoms with van der Waals surface area (Å²) in [6, 6.07) is 3.78. The Morgan fingerprint density at radius 1 is 0.912 bits per heavy atom. The summed E-state index contributed by atoms with van der Waals surface area (Å²) < 4.78 is 0. The minimum atomic E-state index is -1.58. The molecule has 0 aliphatic heterocycles. The lowest BCUT2D eigenvalue weighted by molar-refractivity contribution is -0.143. The zero-order chi connectivity index (χ0) is 25.8. The molecule has 1 aromatic carbocycles. The summed E-state index contributed by atoms with van der Waals surface area (Å²) in [5, 5.41) is 25.3. The smallest absolute Gasteiger partial charge is 0.327 e. The van der Waals surface area contributed by atoms with E-state index >= 15 is 0 Å². The topological polar surface area (TPSA) is 188 Å². The molecule has 0 aliphatic carbocycles. The van der Waals surface area contributed by atoms with Gasteiger partial charge < -0.3 is 31.9 Å². The molecule has 0 spiro atoms. The van der Waals surface area contributed by atoms with Crippen LogP contribution in [-0.4, -0.2) is 69.8 Å². The molecule has 1 aromatic rings. The molecule has 0 saturated carbocycles. The molecule has 0 aliphatic rings. The Morgan fingerprint density at radius 2 is 1.44 bits per heavy atom. The van der Waals surface area contributed by atoms with Crippen LogP contribution in [0.5, 0.6) is 0 Å². The summed E-state index contributed by atoms with van der Waals surface area (Å²) in [5.41, 5.74) is 6.69. The van der Waals surface area contributed by atoms with E-state index in [1.54, 1.807) is 37.3 Å². The molecule has 1 rings (SSSR count). The number of carboxylic acid groups (broad SMARTS) is 2. The molecule has 5 unspecified atom stereocenters. The number of carboxylic acids is 2. The standard InChI is InChI=1S/C22H32N4O7S/c1-3-12(2)18(23)21(31)25-14(9-13-7-5-4-6-8-13)19(29)24-15(10-17(27)28)20(30)26-16(11-34)22(32)33/h4-8,12,14-16,18,34H,3,9-11,23H2,1-2H3,(H,24,29)(H,25,31)(H,26,30)(H,27,28)(H,32,33). The average molecular weight is 497 g/mol. The third-order valence-electron chi connectivity index (χ3n) is 5.28. The van der Waals surface area contributed by atoms with Crippen LogP contribution in [0.3, 0.4) is 0 Å². The molecule has 0 aromatic heterocycles. The molecule has 0 radical (unpaired) electrons. The third kappa shape index (κ3) is 9.40. The second-order valence-corrected chi connectivity index (χ2v) is 8.27. The molecule has 7 N–H and O–H groups in total. The van der Waals surface area contributed by atoms with Gasteiger partial charge in [0.05, 0.1) is 12.5 Å². The monoisotopic (exact) mass is 496 g/mol. The predicted octanol–water partition coefficient (Wildman–Crippen LogP) is -0.454. The van der Waals surface area contributed by atoms with Crippen molar-refractivity contribution < 1.29 is 34.2 Å². The predicted molar refractivity (Wildman–Crippen MR) is 127 cm³/mol. The molecule has 0 fully saturated rings. The van der Waals surface area contributed by atoms with Gasteiger partial charge in [0, 0.05) is 12.2 Å². The Hall–Kier alpha value is -3.12. The number of thiol groups is 1. The van der Waals surface area contributed by atoms with Crippen molar-refractivity contribution in [1.82, 2.24) is 16.0 Å². The number of nitrogens with two attached hydrogens (primary N) is 1. The quantitative estimate of drug-likeness (QED) is 0.169. The van der Waals surface area contributed by atoms with Gasteiger partial charge in [-0.1, -0.05) is 50.6 Å². The Morgan fingerprint density at radius 3 is 1.94 bits per heavy atom. The molecule has 0 bridgehead atoms. The summed E-state index contributed by atoms with van der Waals surface area (Å²) in [6.45, 7) is 3.67. The first-order valence-corrected chi connectivity index (χ1v) is 11.4. The van der Waals surface area contributed by atoms with Gasteiger partial charge in [0.2, 0.25) is 17.7 Å². The van der Waals surface area contributed by atoms with Crippen LogP contribution < -0.4 is 21.7 Å². The van der Waals surface area contributed by atoms with Gasteiger partial charge in [0.15, 0.2) is 0 Å². The highest BCUT2D eigenvalue weighted by molar-refractivity contribution is 7.80. The van der Waals surface area contributed by atoms with Crippen LogP contribution in [0.25, 0.3) is 0 Å². The van der Waals surface area contributed by atoms with Gasteiger partial charge >= 0.3 is 11.9 Å². The highest BCUT2D eigenvalue weighted by atomic mass is 32.1. The van der Waals surface area contributed by atoms with E-state index in [2.05, 4.69) is 28.6 Å². The van der Waals surface area contributed by atoms with Crippen molar-refractivity contribution in [1.29, 1.82) is 0 Å². The van der Waals surface area contributed by atoms with E-state index < -0.39 is 60.2 Å². The highest BCUT2D eigenvalue weighted by Gasteiger charge is 2.32. The fourth-order valence-corrected chi connectivity index (χ4v) is 3.20. The van der Waals surface area contributed by atoms with Gasteiger partial charge in [-0.2, -0.15) is 12.6 Å². The summed E-state index contributed by atoms with van der Waals surface area (Å²) in [5.74, 6) is -5.52. The molecule has 0 saturated heterocycles. The van der Waals surface area contributed by atoms with Crippen LogP contribution in [0.1, 0.15) is 32.3 Å². The van der Waals surface area contributed by atoms with Crippen molar-refractivity contribution in [2.24, 2.45) is 11.7 Å². The molecule has 11 nitrogen and oxygen atoms in total. The van der Waals surface area contributed by atoms with Crippen LogP contribution in [0.15, 0.2) is 30.3 Å². The van der Waals surface area contributed by atoms with Crippen molar-refractivity contribution in [2.45, 2.75) is 57.3 Å². The summed E-state index contributed by atoms with van der Waals surface area (Å²) in [6.07, 6.45) is -0.100. The fourth-order valence-electron chi connectivity index (χ4n) is 2.95. The number of hydrogen-bond acceptors (Lipinski definition) is 7. The van der Waals surface area contributed by atoms with E-state index in [1.807, 2.05) is 6.92 Å². The van der Waals surface area contributed by atoms with E-state index in [0.29, 0.717) is 12.0 Å². The second kappa shape index (κ2) is 14.2. The Kier molecular flexibility index (Phi) is 12.1. The third-order valence-corrected chi connectivity index (χ3v) is 5.65. The van der Waals surface area contributed by atoms with Crippen molar-refractivity contribution in [3.8, 4) is 0 Å². The maximum atomic E-state index is 13.1. The molecular formula is C22H32N4O7S. The van der Waals surface area contributed by atoms with Crippen molar-refractivity contribution in [3.63, 3.8) is 0 Å². The SMILES string of the molecule is CCC(C)C(N)C(=O)NC(Cc1ccccc1)C(=O)NC(CC(=O)O)C(=O)NC(CS)C(=O)O. The first-order chi connectivity index (χ1) is 16.0. The van der Waals surface area contributed by atoms with Crippen molar-refractivity contribution in [3.05, 3.63) is 35.9 Å². The number of carbonyl (C=O) groups excluding carboxylic acids is 3. The molecule has 188 valence electrons. The summed E-state index contributed by atoms with van der Waals surface area (Å²) in [4.78, 5) is 60.7. The normalized spacial score (nSPS) is 15.2. The molecule has 5 atom stereocenters. The number of carbonyl (C=O) groups is 5. The Labute approximate surface area is 203 Å². The lowest BCUT2D eigenvalue weighted by Gasteiger charge is -2.25. The Balaban J connectivity index is 3.10. The summed E-state index contributed by atoms with van der Waals surface area (Å²) in [7, 11) is 0. The maximum Gasteiger partial charge on any atom is 0.327 e. The average Bonchev–Trinajstić information content (AvgIpc) is 2.80. The van der Waals surface area contributed by atoms with Crippen LogP contribution in [0.4, 0.5) is 0 Å². The van der Waals surface area contributed by atoms with Gasteiger partial charge in [-0.3, -0.25) is 19.2 Å². The van der Waals surface area contributed by atoms with Gasteiger partial charge in [0.1, 0.15) is 18.1 Å². The fraction of sp³-hybridized carbons (Fsp3) is 0.500. The minimum Gasteiger partial charge on any atom is -0.481 e. The second-order valence-electron chi connectivity index (χ2n) is 7.90.